The number of hydrogen-bond acceptors (Lipinski definition) is 7. The number of nitrogens with zero attached hydrogens (tertiary/aromatic N) is 4. The molecule has 3 aromatic rings. The third-order valence-corrected chi connectivity index (χ3v) is 9.96. The second-order valence-corrected chi connectivity index (χ2v) is 12.9. The third kappa shape index (κ3) is 4.69. The van der Waals surface area contributed by atoms with E-state index >= 15 is 0 Å². The lowest BCUT2D eigenvalue weighted by Crippen LogP contribution is -2.61. The van der Waals surface area contributed by atoms with Gasteiger partial charge in [0.25, 0.3) is 11.8 Å². The van der Waals surface area contributed by atoms with Crippen molar-refractivity contribution >= 4 is 35.2 Å². The van der Waals surface area contributed by atoms with Crippen LogP contribution in [0, 0.1) is 23.6 Å². The molecule has 5 aliphatic rings. The highest BCUT2D eigenvalue weighted by atomic mass is 32.1. The van der Waals surface area contributed by atoms with E-state index in [9.17, 15) is 23.6 Å². The molecule has 4 bridgehead atoms. The van der Waals surface area contributed by atoms with E-state index in [1.165, 1.54) is 30.2 Å². The van der Waals surface area contributed by atoms with E-state index in [2.05, 4.69) is 14.9 Å². The fourth-order valence-electron chi connectivity index (χ4n) is 8.06. The summed E-state index contributed by atoms with van der Waals surface area (Å²) in [7, 11) is 0. The Bertz CT molecular complexity index is 1510. The Hall–Kier alpha value is -3.99. The standard InChI is InChI=1S/C31H30FN5O4S/c32-24-8-4-1-5-21(24)15-36(26(38)16-37-29(40)22-6-2-3-7-23(22)30(37)41)27(25-17-42-35-34-25)28(39)33-31-12-18-9-19(13-31)11-20(10-18)14-31/h1-8,17-20,27H,9-16H2,(H,33,39). The maximum atomic E-state index is 14.9. The minimum absolute atomic E-state index is 0.198. The summed E-state index contributed by atoms with van der Waals surface area (Å²) in [6.07, 6.45) is 6.32. The maximum Gasteiger partial charge on any atom is 0.262 e. The van der Waals surface area contributed by atoms with Crippen LogP contribution in [-0.4, -0.2) is 55.1 Å². The fourth-order valence-corrected chi connectivity index (χ4v) is 8.53. The highest BCUT2D eigenvalue weighted by Crippen LogP contribution is 2.55. The number of carbonyl (C=O) groups excluding carboxylic acids is 4. The van der Waals surface area contributed by atoms with Crippen molar-refractivity contribution in [3.8, 4) is 0 Å². The smallest absolute Gasteiger partial charge is 0.262 e. The Balaban J connectivity index is 1.22. The molecule has 1 aromatic heterocycles. The average molecular weight is 588 g/mol. The molecule has 2 heterocycles. The molecule has 4 fully saturated rings. The number of carbonyl (C=O) groups is 4. The van der Waals surface area contributed by atoms with E-state index in [0.29, 0.717) is 17.8 Å². The Morgan fingerprint density at radius 1 is 0.976 bits per heavy atom. The summed E-state index contributed by atoms with van der Waals surface area (Å²) < 4.78 is 18.9. The number of amides is 4. The van der Waals surface area contributed by atoms with Crippen molar-refractivity contribution in [1.82, 2.24) is 24.7 Å². The molecule has 4 amide bonds. The van der Waals surface area contributed by atoms with E-state index in [4.69, 9.17) is 0 Å². The van der Waals surface area contributed by atoms with Gasteiger partial charge in [-0.2, -0.15) is 0 Å². The van der Waals surface area contributed by atoms with Gasteiger partial charge >= 0.3 is 0 Å². The Kier molecular flexibility index (Phi) is 6.64. The SMILES string of the molecule is O=C(NC12CC3CC(CC(C3)C1)C2)C(c1csnn1)N(Cc1ccccc1F)C(=O)CN1C(=O)c2ccccc2C1=O. The number of benzene rings is 2. The highest BCUT2D eigenvalue weighted by Gasteiger charge is 2.52. The number of fused-ring (bicyclic) bond motifs is 1. The van der Waals surface area contributed by atoms with Crippen LogP contribution >= 0.6 is 11.5 Å². The van der Waals surface area contributed by atoms with Crippen molar-refractivity contribution in [2.75, 3.05) is 6.54 Å². The van der Waals surface area contributed by atoms with Crippen molar-refractivity contribution < 1.29 is 23.6 Å². The quantitative estimate of drug-likeness (QED) is 0.397. The van der Waals surface area contributed by atoms with Crippen LogP contribution in [-0.2, 0) is 16.1 Å². The predicted octanol–water partition coefficient (Wildman–Crippen LogP) is 4.13. The van der Waals surface area contributed by atoms with Gasteiger partial charge in [0.15, 0.2) is 6.04 Å². The molecule has 1 N–H and O–H groups in total. The molecule has 2 aromatic carbocycles. The van der Waals surface area contributed by atoms with Gasteiger partial charge in [0.2, 0.25) is 11.8 Å². The Labute approximate surface area is 246 Å². The van der Waals surface area contributed by atoms with E-state index in [-0.39, 0.29) is 34.5 Å². The monoisotopic (exact) mass is 587 g/mol. The van der Waals surface area contributed by atoms with E-state index < -0.39 is 42.0 Å². The molecule has 0 spiro atoms. The van der Waals surface area contributed by atoms with Crippen molar-refractivity contribution in [2.24, 2.45) is 17.8 Å². The number of aromatic nitrogens is 2. The molecule has 0 radical (unpaired) electrons. The molecule has 42 heavy (non-hydrogen) atoms. The van der Waals surface area contributed by atoms with Gasteiger partial charge in [-0.15, -0.1) is 5.10 Å². The summed E-state index contributed by atoms with van der Waals surface area (Å²) in [6, 6.07) is 11.2. The molecule has 4 aliphatic carbocycles. The zero-order valence-corrected chi connectivity index (χ0v) is 23.7. The maximum absolute atomic E-state index is 14.9. The van der Waals surface area contributed by atoms with Crippen LogP contribution in [0.1, 0.15) is 76.5 Å². The van der Waals surface area contributed by atoms with Crippen LogP contribution in [0.25, 0.3) is 0 Å². The molecule has 11 heteroatoms. The Morgan fingerprint density at radius 3 is 2.14 bits per heavy atom. The summed E-state index contributed by atoms with van der Waals surface area (Å²) in [5.74, 6) is -1.03. The molecular formula is C31H30FN5O4S. The van der Waals surface area contributed by atoms with Gasteiger partial charge in [-0.1, -0.05) is 34.8 Å². The van der Waals surface area contributed by atoms with Crippen LogP contribution in [0.3, 0.4) is 0 Å². The molecule has 1 atom stereocenters. The Morgan fingerprint density at radius 2 is 1.57 bits per heavy atom. The summed E-state index contributed by atoms with van der Waals surface area (Å²) >= 11 is 1.05. The van der Waals surface area contributed by atoms with E-state index in [0.717, 1.165) is 35.7 Å². The third-order valence-electron chi connectivity index (χ3n) is 9.43. The first-order valence-electron chi connectivity index (χ1n) is 14.4. The van der Waals surface area contributed by atoms with Gasteiger partial charge in [-0.05, 0) is 86.0 Å². The predicted molar refractivity (Wildman–Crippen MR) is 150 cm³/mol. The second kappa shape index (κ2) is 10.4. The summed E-state index contributed by atoms with van der Waals surface area (Å²) in [5.41, 5.74) is 0.549. The molecule has 0 saturated heterocycles. The van der Waals surface area contributed by atoms with Crippen molar-refractivity contribution in [1.29, 1.82) is 0 Å². The van der Waals surface area contributed by atoms with Gasteiger partial charge in [-0.25, -0.2) is 4.39 Å². The van der Waals surface area contributed by atoms with Crippen molar-refractivity contribution in [3.63, 3.8) is 0 Å². The minimum Gasteiger partial charge on any atom is -0.348 e. The average Bonchev–Trinajstić information content (AvgIpc) is 3.56. The lowest BCUT2D eigenvalue weighted by Gasteiger charge is -2.57. The molecule has 9 nitrogen and oxygen atoms in total. The zero-order valence-electron chi connectivity index (χ0n) is 22.9. The summed E-state index contributed by atoms with van der Waals surface area (Å²) in [5, 5.41) is 9.11. The van der Waals surface area contributed by atoms with Gasteiger partial charge in [0.1, 0.15) is 18.1 Å². The van der Waals surface area contributed by atoms with Crippen molar-refractivity contribution in [2.45, 2.75) is 56.7 Å². The normalized spacial score (nSPS) is 26.3. The lowest BCUT2D eigenvalue weighted by atomic mass is 9.53. The van der Waals surface area contributed by atoms with Crippen molar-refractivity contribution in [3.05, 3.63) is 82.1 Å². The molecule has 8 rings (SSSR count). The van der Waals surface area contributed by atoms with Gasteiger partial charge in [0.05, 0.1) is 11.1 Å². The first-order valence-corrected chi connectivity index (χ1v) is 15.2. The number of halogens is 1. The van der Waals surface area contributed by atoms with E-state index in [1.807, 2.05) is 0 Å². The molecule has 1 aliphatic heterocycles. The van der Waals surface area contributed by atoms with E-state index in [1.54, 1.807) is 47.8 Å². The molecular weight excluding hydrogens is 557 g/mol. The highest BCUT2D eigenvalue weighted by molar-refractivity contribution is 7.03. The minimum atomic E-state index is -1.22. The van der Waals surface area contributed by atoms with Gasteiger partial charge < -0.3 is 10.2 Å². The number of hydrogen-bond donors (Lipinski definition) is 1. The number of imide groups is 1. The first-order chi connectivity index (χ1) is 20.3. The van der Waals surface area contributed by atoms with Crippen LogP contribution in [0.5, 0.6) is 0 Å². The molecule has 216 valence electrons. The van der Waals surface area contributed by atoms with Gasteiger partial charge in [-0.3, -0.25) is 24.1 Å². The second-order valence-electron chi connectivity index (χ2n) is 12.3. The summed E-state index contributed by atoms with van der Waals surface area (Å²) in [6.45, 7) is -0.856. The molecule has 1 unspecified atom stereocenters. The van der Waals surface area contributed by atoms with Gasteiger partial charge in [0, 0.05) is 23.0 Å². The largest absolute Gasteiger partial charge is 0.348 e. The van der Waals surface area contributed by atoms with Crippen LogP contribution < -0.4 is 5.32 Å². The lowest BCUT2D eigenvalue weighted by molar-refractivity contribution is -0.144. The zero-order chi connectivity index (χ0) is 29.0. The van der Waals surface area contributed by atoms with Crippen LogP contribution in [0.2, 0.25) is 0 Å². The fraction of sp³-hybridized carbons (Fsp3) is 0.419. The van der Waals surface area contributed by atoms with Crippen LogP contribution in [0.4, 0.5) is 4.39 Å². The summed E-state index contributed by atoms with van der Waals surface area (Å²) in [4.78, 5) is 56.7. The first kappa shape index (κ1) is 26.9. The number of nitrogens with one attached hydrogen (secondary N) is 1. The van der Waals surface area contributed by atoms with Crippen LogP contribution in [0.15, 0.2) is 53.9 Å². The topological polar surface area (TPSA) is 113 Å². The number of rotatable bonds is 8. The molecule has 4 saturated carbocycles.